The minimum atomic E-state index is 0.364. The van der Waals surface area contributed by atoms with E-state index in [1.165, 1.54) is 25.8 Å². The predicted molar refractivity (Wildman–Crippen MR) is 50.0 cm³/mol. The molecule has 2 nitrogen and oxygen atoms in total. The number of hydrogen-bond acceptors (Lipinski definition) is 2. The van der Waals surface area contributed by atoms with E-state index in [0.29, 0.717) is 5.92 Å². The summed E-state index contributed by atoms with van der Waals surface area (Å²) < 4.78 is 0. The summed E-state index contributed by atoms with van der Waals surface area (Å²) in [5.41, 5.74) is 0. The Hall–Kier alpha value is -0.550. The highest BCUT2D eigenvalue weighted by molar-refractivity contribution is 5.05. The highest BCUT2D eigenvalue weighted by atomic mass is 15.2. The van der Waals surface area contributed by atoms with Crippen molar-refractivity contribution in [3.63, 3.8) is 0 Å². The van der Waals surface area contributed by atoms with Gasteiger partial charge in [0.1, 0.15) is 0 Å². The van der Waals surface area contributed by atoms with Gasteiger partial charge in [-0.1, -0.05) is 0 Å². The molecule has 2 saturated carbocycles. The summed E-state index contributed by atoms with van der Waals surface area (Å²) in [6, 6.07) is 4.12. The molecule has 3 rings (SSSR count). The van der Waals surface area contributed by atoms with Crippen LogP contribution in [0.2, 0.25) is 0 Å². The molecule has 1 aliphatic heterocycles. The topological polar surface area (TPSA) is 27.0 Å². The molecule has 13 heavy (non-hydrogen) atoms. The molecule has 0 aromatic carbocycles. The average Bonchev–Trinajstić information content (AvgIpc) is 2.65. The van der Waals surface area contributed by atoms with Gasteiger partial charge in [-0.2, -0.15) is 5.26 Å². The molecule has 0 aromatic heterocycles. The standard InChI is InChI=1S/C11H16N2/c12-7-8-1-2-10(5-8)13-4-3-9-6-11(9)13/h8-11H,1-6H2. The fraction of sp³-hybridized carbons (Fsp3) is 0.909. The number of likely N-dealkylation sites (tertiary alicyclic amines) is 1. The lowest BCUT2D eigenvalue weighted by atomic mass is 10.1. The lowest BCUT2D eigenvalue weighted by Gasteiger charge is -2.25. The number of nitrogens with zero attached hydrogens (tertiary/aromatic N) is 2. The van der Waals surface area contributed by atoms with Crippen LogP contribution in [-0.2, 0) is 0 Å². The van der Waals surface area contributed by atoms with Crippen molar-refractivity contribution in [2.24, 2.45) is 11.8 Å². The Morgan fingerprint density at radius 2 is 2.08 bits per heavy atom. The minimum absolute atomic E-state index is 0.364. The number of rotatable bonds is 1. The van der Waals surface area contributed by atoms with Gasteiger partial charge < -0.3 is 0 Å². The third-order valence-electron chi connectivity index (χ3n) is 4.13. The summed E-state index contributed by atoms with van der Waals surface area (Å²) in [5.74, 6) is 1.41. The van der Waals surface area contributed by atoms with Crippen molar-refractivity contribution in [3.05, 3.63) is 0 Å². The first-order valence-electron chi connectivity index (χ1n) is 5.54. The maximum absolute atomic E-state index is 8.83. The van der Waals surface area contributed by atoms with Crippen molar-refractivity contribution in [1.29, 1.82) is 5.26 Å². The van der Waals surface area contributed by atoms with E-state index in [4.69, 9.17) is 5.26 Å². The Bertz CT molecular complexity index is 255. The van der Waals surface area contributed by atoms with E-state index in [2.05, 4.69) is 11.0 Å². The van der Waals surface area contributed by atoms with Crippen molar-refractivity contribution in [2.75, 3.05) is 6.54 Å². The van der Waals surface area contributed by atoms with Crippen LogP contribution >= 0.6 is 0 Å². The first-order chi connectivity index (χ1) is 6.38. The van der Waals surface area contributed by atoms with E-state index < -0.39 is 0 Å². The van der Waals surface area contributed by atoms with Gasteiger partial charge in [0.25, 0.3) is 0 Å². The average molecular weight is 176 g/mol. The van der Waals surface area contributed by atoms with Crippen molar-refractivity contribution in [1.82, 2.24) is 4.90 Å². The zero-order chi connectivity index (χ0) is 8.84. The van der Waals surface area contributed by atoms with Crippen LogP contribution in [0.5, 0.6) is 0 Å². The van der Waals surface area contributed by atoms with Crippen LogP contribution in [0.3, 0.4) is 0 Å². The predicted octanol–water partition coefficient (Wildman–Crippen LogP) is 1.77. The summed E-state index contributed by atoms with van der Waals surface area (Å²) in [6.07, 6.45) is 6.46. The molecule has 3 fully saturated rings. The van der Waals surface area contributed by atoms with E-state index in [9.17, 15) is 0 Å². The van der Waals surface area contributed by atoms with E-state index in [1.807, 2.05) is 0 Å². The highest BCUT2D eigenvalue weighted by Gasteiger charge is 2.49. The molecule has 4 unspecified atom stereocenters. The SMILES string of the molecule is N#CC1CCC(N2CCC3CC32)C1. The molecule has 2 aliphatic carbocycles. The fourth-order valence-electron chi connectivity index (χ4n) is 3.26. The summed E-state index contributed by atoms with van der Waals surface area (Å²) >= 11 is 0. The van der Waals surface area contributed by atoms with Gasteiger partial charge in [-0.25, -0.2) is 0 Å². The molecule has 1 saturated heterocycles. The third-order valence-corrected chi connectivity index (χ3v) is 4.13. The smallest absolute Gasteiger partial charge is 0.0656 e. The van der Waals surface area contributed by atoms with Gasteiger partial charge in [0, 0.05) is 18.0 Å². The van der Waals surface area contributed by atoms with E-state index in [-0.39, 0.29) is 0 Å². The summed E-state index contributed by atoms with van der Waals surface area (Å²) in [6.45, 7) is 1.32. The molecule has 1 heterocycles. The van der Waals surface area contributed by atoms with E-state index in [1.54, 1.807) is 0 Å². The largest absolute Gasteiger partial charge is 0.297 e. The molecule has 0 amide bonds. The molecule has 3 aliphatic rings. The van der Waals surface area contributed by atoms with Crippen LogP contribution in [0.4, 0.5) is 0 Å². The second-order valence-corrected chi connectivity index (χ2v) is 4.88. The lowest BCUT2D eigenvalue weighted by molar-refractivity contribution is 0.214. The highest BCUT2D eigenvalue weighted by Crippen LogP contribution is 2.47. The third kappa shape index (κ3) is 1.18. The Kier molecular flexibility index (Phi) is 1.63. The Morgan fingerprint density at radius 1 is 1.15 bits per heavy atom. The van der Waals surface area contributed by atoms with Gasteiger partial charge in [-0.05, 0) is 44.6 Å². The zero-order valence-corrected chi connectivity index (χ0v) is 7.95. The van der Waals surface area contributed by atoms with E-state index in [0.717, 1.165) is 30.8 Å². The summed E-state index contributed by atoms with van der Waals surface area (Å²) in [7, 11) is 0. The van der Waals surface area contributed by atoms with Crippen LogP contribution in [0.1, 0.15) is 32.1 Å². The molecule has 0 aromatic rings. The first-order valence-corrected chi connectivity index (χ1v) is 5.54. The Morgan fingerprint density at radius 3 is 2.62 bits per heavy atom. The van der Waals surface area contributed by atoms with Crippen molar-refractivity contribution < 1.29 is 0 Å². The van der Waals surface area contributed by atoms with Gasteiger partial charge in [0.05, 0.1) is 6.07 Å². The Labute approximate surface area is 79.5 Å². The minimum Gasteiger partial charge on any atom is -0.297 e. The summed E-state index contributed by atoms with van der Waals surface area (Å²) in [5, 5.41) is 8.83. The first kappa shape index (κ1) is 7.82. The molecule has 4 atom stereocenters. The van der Waals surface area contributed by atoms with Crippen molar-refractivity contribution >= 4 is 0 Å². The molecule has 0 bridgehead atoms. The quantitative estimate of drug-likeness (QED) is 0.609. The molecule has 0 N–H and O–H groups in total. The molecule has 0 radical (unpaired) electrons. The Balaban J connectivity index is 1.64. The normalized spacial score (nSPS) is 48.8. The molecular weight excluding hydrogens is 160 g/mol. The van der Waals surface area contributed by atoms with Crippen LogP contribution in [0, 0.1) is 23.2 Å². The second-order valence-electron chi connectivity index (χ2n) is 4.88. The maximum Gasteiger partial charge on any atom is 0.0656 e. The molecule has 2 heteroatoms. The molecular formula is C11H16N2. The van der Waals surface area contributed by atoms with Gasteiger partial charge in [0.2, 0.25) is 0 Å². The van der Waals surface area contributed by atoms with Crippen molar-refractivity contribution in [2.45, 2.75) is 44.2 Å². The number of piperidine rings is 1. The van der Waals surface area contributed by atoms with Gasteiger partial charge in [0.15, 0.2) is 0 Å². The summed E-state index contributed by atoms with van der Waals surface area (Å²) in [4.78, 5) is 2.70. The fourth-order valence-corrected chi connectivity index (χ4v) is 3.26. The second kappa shape index (κ2) is 2.72. The van der Waals surface area contributed by atoms with Crippen molar-refractivity contribution in [3.8, 4) is 6.07 Å². The van der Waals surface area contributed by atoms with E-state index >= 15 is 0 Å². The monoisotopic (exact) mass is 176 g/mol. The van der Waals surface area contributed by atoms with Gasteiger partial charge in [-0.15, -0.1) is 0 Å². The number of nitriles is 1. The number of hydrogen-bond donors (Lipinski definition) is 0. The zero-order valence-electron chi connectivity index (χ0n) is 7.95. The number of fused-ring (bicyclic) bond motifs is 1. The maximum atomic E-state index is 8.83. The van der Waals surface area contributed by atoms with Crippen LogP contribution in [0.25, 0.3) is 0 Å². The van der Waals surface area contributed by atoms with Crippen LogP contribution in [-0.4, -0.2) is 23.5 Å². The van der Waals surface area contributed by atoms with Gasteiger partial charge >= 0.3 is 0 Å². The van der Waals surface area contributed by atoms with Gasteiger partial charge in [-0.3, -0.25) is 4.90 Å². The van der Waals surface area contributed by atoms with Crippen LogP contribution < -0.4 is 0 Å². The molecule has 70 valence electrons. The van der Waals surface area contributed by atoms with Crippen LogP contribution in [0.15, 0.2) is 0 Å². The molecule has 0 spiro atoms. The lowest BCUT2D eigenvalue weighted by Crippen LogP contribution is -2.33.